The van der Waals surface area contributed by atoms with Crippen molar-refractivity contribution in [3.05, 3.63) is 48.0 Å². The lowest BCUT2D eigenvalue weighted by Crippen LogP contribution is -2.41. The van der Waals surface area contributed by atoms with Crippen molar-refractivity contribution in [1.82, 2.24) is 0 Å². The number of carboxylic acid groups (broad SMARTS) is 2. The topological polar surface area (TPSA) is 74.6 Å². The summed E-state index contributed by atoms with van der Waals surface area (Å²) in [6.45, 7) is 3.64. The van der Waals surface area contributed by atoms with E-state index in [1.54, 1.807) is 30.3 Å². The number of benzene rings is 1. The zero-order valence-corrected chi connectivity index (χ0v) is 9.09. The SMILES string of the molecule is C=CC1CC(C(=O)O)(C(=O)O)c2ccccc21. The first-order valence-corrected chi connectivity index (χ1v) is 5.22. The average Bonchev–Trinajstić information content (AvgIpc) is 2.64. The molecule has 1 aromatic carbocycles. The van der Waals surface area contributed by atoms with Crippen molar-refractivity contribution in [2.45, 2.75) is 17.8 Å². The van der Waals surface area contributed by atoms with Crippen LogP contribution in [-0.2, 0) is 15.0 Å². The van der Waals surface area contributed by atoms with Gasteiger partial charge in [-0.25, -0.2) is 0 Å². The van der Waals surface area contributed by atoms with Gasteiger partial charge in [0.2, 0.25) is 0 Å². The molecule has 0 bridgehead atoms. The Labute approximate surface area is 98.2 Å². The molecule has 1 atom stereocenters. The molecule has 0 amide bonds. The maximum atomic E-state index is 11.4. The van der Waals surface area contributed by atoms with E-state index in [0.717, 1.165) is 5.56 Å². The Bertz CT molecular complexity index is 490. The Morgan fingerprint density at radius 1 is 1.29 bits per heavy atom. The van der Waals surface area contributed by atoms with E-state index in [0.29, 0.717) is 5.56 Å². The second kappa shape index (κ2) is 3.73. The molecular formula is C13H12O4. The molecule has 88 valence electrons. The van der Waals surface area contributed by atoms with Crippen LogP contribution in [0.4, 0.5) is 0 Å². The van der Waals surface area contributed by atoms with Crippen LogP contribution in [0.2, 0.25) is 0 Å². The highest BCUT2D eigenvalue weighted by Gasteiger charge is 2.55. The maximum Gasteiger partial charge on any atom is 0.325 e. The molecule has 4 nitrogen and oxygen atoms in total. The van der Waals surface area contributed by atoms with Crippen LogP contribution in [0.5, 0.6) is 0 Å². The molecule has 1 aliphatic carbocycles. The molecule has 0 aliphatic heterocycles. The Hall–Kier alpha value is -2.10. The van der Waals surface area contributed by atoms with Gasteiger partial charge in [0, 0.05) is 5.92 Å². The van der Waals surface area contributed by atoms with Gasteiger partial charge in [-0.3, -0.25) is 9.59 Å². The third kappa shape index (κ3) is 1.37. The highest BCUT2D eigenvalue weighted by atomic mass is 16.4. The van der Waals surface area contributed by atoms with Crippen LogP contribution in [0.15, 0.2) is 36.9 Å². The highest BCUT2D eigenvalue weighted by molar-refractivity contribution is 6.06. The normalized spacial score (nSPS) is 20.6. The maximum absolute atomic E-state index is 11.4. The van der Waals surface area contributed by atoms with E-state index in [9.17, 15) is 19.8 Å². The molecule has 2 N–H and O–H groups in total. The summed E-state index contributed by atoms with van der Waals surface area (Å²) in [5.41, 5.74) is -0.729. The quantitative estimate of drug-likeness (QED) is 0.615. The van der Waals surface area contributed by atoms with E-state index in [4.69, 9.17) is 0 Å². The fraction of sp³-hybridized carbons (Fsp3) is 0.231. The molecule has 0 saturated heterocycles. The largest absolute Gasteiger partial charge is 0.480 e. The summed E-state index contributed by atoms with van der Waals surface area (Å²) >= 11 is 0. The minimum Gasteiger partial charge on any atom is -0.480 e. The number of carboxylic acids is 2. The zero-order chi connectivity index (χ0) is 12.6. The van der Waals surface area contributed by atoms with E-state index < -0.39 is 17.4 Å². The van der Waals surface area contributed by atoms with Crippen LogP contribution in [-0.4, -0.2) is 22.2 Å². The smallest absolute Gasteiger partial charge is 0.325 e. The summed E-state index contributed by atoms with van der Waals surface area (Å²) in [4.78, 5) is 22.7. The van der Waals surface area contributed by atoms with Crippen LogP contribution >= 0.6 is 0 Å². The second-order valence-electron chi connectivity index (χ2n) is 4.15. The van der Waals surface area contributed by atoms with Gasteiger partial charge in [0.1, 0.15) is 0 Å². The first kappa shape index (κ1) is 11.4. The third-order valence-electron chi connectivity index (χ3n) is 3.36. The summed E-state index contributed by atoms with van der Waals surface area (Å²) in [6.07, 6.45) is 1.63. The third-order valence-corrected chi connectivity index (χ3v) is 3.36. The molecule has 0 spiro atoms. The lowest BCUT2D eigenvalue weighted by Gasteiger charge is -2.20. The monoisotopic (exact) mass is 232 g/mol. The van der Waals surface area contributed by atoms with E-state index in [-0.39, 0.29) is 12.3 Å². The van der Waals surface area contributed by atoms with Crippen molar-refractivity contribution in [2.75, 3.05) is 0 Å². The van der Waals surface area contributed by atoms with E-state index in [2.05, 4.69) is 6.58 Å². The van der Waals surface area contributed by atoms with Gasteiger partial charge in [0.15, 0.2) is 5.41 Å². The molecule has 4 heteroatoms. The van der Waals surface area contributed by atoms with E-state index in [1.807, 2.05) is 0 Å². The van der Waals surface area contributed by atoms with Gasteiger partial charge in [-0.05, 0) is 17.5 Å². The summed E-state index contributed by atoms with van der Waals surface area (Å²) in [7, 11) is 0. The fourth-order valence-corrected chi connectivity index (χ4v) is 2.47. The molecular weight excluding hydrogens is 220 g/mol. The summed E-state index contributed by atoms with van der Waals surface area (Å²) < 4.78 is 0. The lowest BCUT2D eigenvalue weighted by molar-refractivity contribution is -0.157. The van der Waals surface area contributed by atoms with Crippen molar-refractivity contribution >= 4 is 11.9 Å². The molecule has 17 heavy (non-hydrogen) atoms. The standard InChI is InChI=1S/C13H12O4/c1-2-8-7-13(11(14)15,12(16)17)10-6-4-3-5-9(8)10/h2-6,8H,1,7H2,(H,14,15)(H,16,17). The van der Waals surface area contributed by atoms with Crippen LogP contribution in [0.25, 0.3) is 0 Å². The van der Waals surface area contributed by atoms with E-state index >= 15 is 0 Å². The predicted molar refractivity (Wildman–Crippen MR) is 60.9 cm³/mol. The average molecular weight is 232 g/mol. The van der Waals surface area contributed by atoms with Crippen LogP contribution < -0.4 is 0 Å². The zero-order valence-electron chi connectivity index (χ0n) is 9.09. The number of aliphatic carboxylic acids is 2. The first-order valence-electron chi connectivity index (χ1n) is 5.22. The molecule has 0 heterocycles. The number of hydrogen-bond donors (Lipinski definition) is 2. The molecule has 0 saturated carbocycles. The fourth-order valence-electron chi connectivity index (χ4n) is 2.47. The van der Waals surface area contributed by atoms with Crippen molar-refractivity contribution in [2.24, 2.45) is 0 Å². The van der Waals surface area contributed by atoms with Gasteiger partial charge in [0.25, 0.3) is 0 Å². The summed E-state index contributed by atoms with van der Waals surface area (Å²) in [5, 5.41) is 18.6. The van der Waals surface area contributed by atoms with Gasteiger partial charge in [0.05, 0.1) is 0 Å². The number of carbonyl (C=O) groups is 2. The Morgan fingerprint density at radius 2 is 1.88 bits per heavy atom. The van der Waals surface area contributed by atoms with Crippen LogP contribution in [0.1, 0.15) is 23.5 Å². The molecule has 0 fully saturated rings. The highest BCUT2D eigenvalue weighted by Crippen LogP contribution is 2.47. The van der Waals surface area contributed by atoms with Crippen molar-refractivity contribution in [1.29, 1.82) is 0 Å². The van der Waals surface area contributed by atoms with Crippen LogP contribution in [0.3, 0.4) is 0 Å². The molecule has 0 aromatic heterocycles. The summed E-state index contributed by atoms with van der Waals surface area (Å²) in [6, 6.07) is 6.76. The molecule has 1 aromatic rings. The Balaban J connectivity index is 2.70. The minimum absolute atomic E-state index is 0.0283. The second-order valence-corrected chi connectivity index (χ2v) is 4.15. The van der Waals surface area contributed by atoms with Crippen LogP contribution in [0, 0.1) is 0 Å². The van der Waals surface area contributed by atoms with E-state index in [1.165, 1.54) is 0 Å². The van der Waals surface area contributed by atoms with Gasteiger partial charge in [-0.2, -0.15) is 0 Å². The van der Waals surface area contributed by atoms with Gasteiger partial charge < -0.3 is 10.2 Å². The van der Waals surface area contributed by atoms with Gasteiger partial charge >= 0.3 is 11.9 Å². The Kier molecular flexibility index (Phi) is 2.50. The first-order chi connectivity index (χ1) is 8.04. The lowest BCUT2D eigenvalue weighted by atomic mass is 9.81. The van der Waals surface area contributed by atoms with Crippen molar-refractivity contribution in [3.63, 3.8) is 0 Å². The molecule has 2 rings (SSSR count). The number of allylic oxidation sites excluding steroid dienone is 1. The predicted octanol–water partition coefficient (Wildman–Crippen LogP) is 1.77. The Morgan fingerprint density at radius 3 is 2.41 bits per heavy atom. The number of rotatable bonds is 3. The van der Waals surface area contributed by atoms with Gasteiger partial charge in [-0.15, -0.1) is 6.58 Å². The molecule has 1 aliphatic rings. The number of hydrogen-bond acceptors (Lipinski definition) is 2. The number of fused-ring (bicyclic) bond motifs is 1. The molecule has 1 unspecified atom stereocenters. The van der Waals surface area contributed by atoms with Gasteiger partial charge in [-0.1, -0.05) is 30.3 Å². The minimum atomic E-state index is -1.84. The summed E-state index contributed by atoms with van der Waals surface area (Å²) in [5.74, 6) is -2.86. The molecule has 0 radical (unpaired) electrons. The van der Waals surface area contributed by atoms with Crippen molar-refractivity contribution < 1.29 is 19.8 Å². The van der Waals surface area contributed by atoms with Crippen molar-refractivity contribution in [3.8, 4) is 0 Å².